The van der Waals surface area contributed by atoms with E-state index < -0.39 is 11.7 Å². The summed E-state index contributed by atoms with van der Waals surface area (Å²) in [5.41, 5.74) is 0.808. The van der Waals surface area contributed by atoms with E-state index in [1.807, 2.05) is 0 Å². The van der Waals surface area contributed by atoms with Crippen LogP contribution in [-0.4, -0.2) is 21.6 Å². The molecule has 0 bridgehead atoms. The second kappa shape index (κ2) is 7.94. The van der Waals surface area contributed by atoms with Gasteiger partial charge < -0.3 is 4.52 Å². The molecule has 2 heterocycles. The quantitative estimate of drug-likeness (QED) is 0.550. The van der Waals surface area contributed by atoms with Gasteiger partial charge in [-0.25, -0.2) is 4.39 Å². The zero-order valence-electron chi connectivity index (χ0n) is 15.5. The molecule has 3 aromatic rings. The molecular formula is C21H19F4N3O. The Balaban J connectivity index is 1.43. The molecule has 0 N–H and O–H groups in total. The first-order chi connectivity index (χ1) is 13.9. The minimum atomic E-state index is -4.39. The van der Waals surface area contributed by atoms with Crippen LogP contribution in [0.25, 0.3) is 0 Å². The van der Waals surface area contributed by atoms with Gasteiger partial charge in [0.25, 0.3) is 0 Å². The Morgan fingerprint density at radius 1 is 1.10 bits per heavy atom. The van der Waals surface area contributed by atoms with Crippen LogP contribution in [0.5, 0.6) is 0 Å². The molecule has 1 saturated heterocycles. The molecule has 0 spiro atoms. The highest BCUT2D eigenvalue weighted by Gasteiger charge is 2.30. The zero-order chi connectivity index (χ0) is 20.4. The molecule has 0 radical (unpaired) electrons. The fourth-order valence-corrected chi connectivity index (χ4v) is 3.72. The van der Waals surface area contributed by atoms with Gasteiger partial charge in [0.1, 0.15) is 5.82 Å². The third-order valence-corrected chi connectivity index (χ3v) is 5.08. The lowest BCUT2D eigenvalue weighted by atomic mass is 10.0. The van der Waals surface area contributed by atoms with Crippen molar-refractivity contribution in [1.82, 2.24) is 15.0 Å². The van der Waals surface area contributed by atoms with Crippen molar-refractivity contribution in [3.8, 4) is 0 Å². The van der Waals surface area contributed by atoms with Crippen molar-refractivity contribution >= 4 is 0 Å². The van der Waals surface area contributed by atoms with Crippen LogP contribution in [0, 0.1) is 5.82 Å². The van der Waals surface area contributed by atoms with E-state index in [2.05, 4.69) is 15.0 Å². The number of halogens is 4. The van der Waals surface area contributed by atoms with E-state index in [0.29, 0.717) is 23.8 Å². The Hall–Kier alpha value is -2.74. The minimum absolute atomic E-state index is 0.148. The number of likely N-dealkylation sites (tertiary alicyclic amines) is 1. The summed E-state index contributed by atoms with van der Waals surface area (Å²) in [5, 5.41) is 3.91. The summed E-state index contributed by atoms with van der Waals surface area (Å²) >= 11 is 0. The molecule has 8 heteroatoms. The minimum Gasteiger partial charge on any atom is -0.338 e. The van der Waals surface area contributed by atoms with E-state index in [1.165, 1.54) is 18.2 Å². The molecule has 152 valence electrons. The van der Waals surface area contributed by atoms with Gasteiger partial charge in [0.05, 0.1) is 12.1 Å². The van der Waals surface area contributed by atoms with E-state index in [0.717, 1.165) is 37.1 Å². The first-order valence-corrected chi connectivity index (χ1v) is 9.35. The molecule has 1 aromatic heterocycles. The summed E-state index contributed by atoms with van der Waals surface area (Å²) < 4.78 is 57.1. The SMILES string of the molecule is Fc1ccc(C2CCCN2Cc2nc(Cc3cccc(C(F)(F)F)c3)no2)cc1. The van der Waals surface area contributed by atoms with Crippen molar-refractivity contribution in [1.29, 1.82) is 0 Å². The highest BCUT2D eigenvalue weighted by Crippen LogP contribution is 2.33. The van der Waals surface area contributed by atoms with Crippen molar-refractivity contribution in [2.45, 2.75) is 38.0 Å². The second-order valence-corrected chi connectivity index (χ2v) is 7.16. The van der Waals surface area contributed by atoms with Crippen LogP contribution in [0.2, 0.25) is 0 Å². The zero-order valence-corrected chi connectivity index (χ0v) is 15.5. The Bertz CT molecular complexity index is 969. The Labute approximate surface area is 165 Å². The van der Waals surface area contributed by atoms with E-state index in [-0.39, 0.29) is 18.3 Å². The monoisotopic (exact) mass is 405 g/mol. The number of rotatable bonds is 5. The van der Waals surface area contributed by atoms with Crippen molar-refractivity contribution < 1.29 is 22.1 Å². The third-order valence-electron chi connectivity index (χ3n) is 5.08. The molecule has 29 heavy (non-hydrogen) atoms. The number of nitrogens with zero attached hydrogens (tertiary/aromatic N) is 3. The molecule has 0 aliphatic carbocycles. The van der Waals surface area contributed by atoms with Gasteiger partial charge in [-0.3, -0.25) is 4.90 Å². The molecule has 1 unspecified atom stereocenters. The molecule has 4 nitrogen and oxygen atoms in total. The average Bonchev–Trinajstić information content (AvgIpc) is 3.32. The summed E-state index contributed by atoms with van der Waals surface area (Å²) in [4.78, 5) is 6.53. The highest BCUT2D eigenvalue weighted by molar-refractivity contribution is 5.27. The standard InChI is InChI=1S/C21H19F4N3O/c22-17-8-6-15(7-9-17)18-5-2-10-28(18)13-20-26-19(27-29-20)12-14-3-1-4-16(11-14)21(23,24)25/h1,3-4,6-9,11,18H,2,5,10,12-13H2. The first-order valence-electron chi connectivity index (χ1n) is 9.35. The maximum atomic E-state index is 13.2. The fourth-order valence-electron chi connectivity index (χ4n) is 3.72. The van der Waals surface area contributed by atoms with Gasteiger partial charge in [-0.05, 0) is 48.7 Å². The Morgan fingerprint density at radius 3 is 2.66 bits per heavy atom. The summed E-state index contributed by atoms with van der Waals surface area (Å²) in [6.45, 7) is 1.30. The predicted octanol–water partition coefficient (Wildman–Crippen LogP) is 5.16. The maximum absolute atomic E-state index is 13.2. The first kappa shape index (κ1) is 19.6. The number of hydrogen-bond donors (Lipinski definition) is 0. The van der Waals surface area contributed by atoms with Crippen LogP contribution >= 0.6 is 0 Å². The summed E-state index contributed by atoms with van der Waals surface area (Å²) in [6, 6.07) is 11.7. The van der Waals surface area contributed by atoms with Crippen LogP contribution in [0.1, 0.15) is 47.3 Å². The van der Waals surface area contributed by atoms with Crippen molar-refractivity contribution in [3.05, 3.63) is 82.8 Å². The van der Waals surface area contributed by atoms with E-state index in [1.54, 1.807) is 18.2 Å². The van der Waals surface area contributed by atoms with Crippen LogP contribution in [-0.2, 0) is 19.1 Å². The van der Waals surface area contributed by atoms with Gasteiger partial charge >= 0.3 is 6.18 Å². The summed E-state index contributed by atoms with van der Waals surface area (Å²) in [7, 11) is 0. The van der Waals surface area contributed by atoms with Gasteiger partial charge in [0, 0.05) is 12.5 Å². The Kier molecular flexibility index (Phi) is 5.36. The third kappa shape index (κ3) is 4.64. The molecule has 1 aliphatic rings. The fraction of sp³-hybridized carbons (Fsp3) is 0.333. The largest absolute Gasteiger partial charge is 0.416 e. The molecule has 4 rings (SSSR count). The average molecular weight is 405 g/mol. The number of hydrogen-bond acceptors (Lipinski definition) is 4. The molecule has 1 aliphatic heterocycles. The molecular weight excluding hydrogens is 386 g/mol. The highest BCUT2D eigenvalue weighted by atomic mass is 19.4. The molecule has 1 fully saturated rings. The smallest absolute Gasteiger partial charge is 0.338 e. The van der Waals surface area contributed by atoms with Gasteiger partial charge in [-0.15, -0.1) is 0 Å². The van der Waals surface area contributed by atoms with Gasteiger partial charge in [0.2, 0.25) is 5.89 Å². The van der Waals surface area contributed by atoms with Crippen LogP contribution < -0.4 is 0 Å². The lowest BCUT2D eigenvalue weighted by Gasteiger charge is -2.23. The summed E-state index contributed by atoms with van der Waals surface area (Å²) in [5.74, 6) is 0.493. The number of benzene rings is 2. The number of alkyl halides is 3. The second-order valence-electron chi connectivity index (χ2n) is 7.16. The van der Waals surface area contributed by atoms with Gasteiger partial charge in [-0.1, -0.05) is 35.5 Å². The van der Waals surface area contributed by atoms with Crippen molar-refractivity contribution in [3.63, 3.8) is 0 Å². The van der Waals surface area contributed by atoms with E-state index in [9.17, 15) is 17.6 Å². The van der Waals surface area contributed by atoms with Crippen molar-refractivity contribution in [2.24, 2.45) is 0 Å². The lowest BCUT2D eigenvalue weighted by Crippen LogP contribution is -2.23. The predicted molar refractivity (Wildman–Crippen MR) is 97.3 cm³/mol. The normalized spacial score (nSPS) is 17.7. The Morgan fingerprint density at radius 2 is 1.90 bits per heavy atom. The van der Waals surface area contributed by atoms with Crippen molar-refractivity contribution in [2.75, 3.05) is 6.54 Å². The van der Waals surface area contributed by atoms with E-state index >= 15 is 0 Å². The number of aromatic nitrogens is 2. The lowest BCUT2D eigenvalue weighted by molar-refractivity contribution is -0.137. The molecule has 1 atom stereocenters. The maximum Gasteiger partial charge on any atom is 0.416 e. The van der Waals surface area contributed by atoms with Gasteiger partial charge in [-0.2, -0.15) is 18.2 Å². The topological polar surface area (TPSA) is 42.2 Å². The molecule has 0 amide bonds. The van der Waals surface area contributed by atoms with Crippen LogP contribution in [0.4, 0.5) is 17.6 Å². The van der Waals surface area contributed by atoms with E-state index in [4.69, 9.17) is 4.52 Å². The van der Waals surface area contributed by atoms with Crippen LogP contribution in [0.3, 0.4) is 0 Å². The van der Waals surface area contributed by atoms with Crippen LogP contribution in [0.15, 0.2) is 53.1 Å². The summed E-state index contributed by atoms with van der Waals surface area (Å²) in [6.07, 6.45) is -2.26. The van der Waals surface area contributed by atoms with Gasteiger partial charge in [0.15, 0.2) is 5.82 Å². The molecule has 0 saturated carbocycles. The molecule has 2 aromatic carbocycles.